The van der Waals surface area contributed by atoms with Gasteiger partial charge >= 0.3 is 0 Å². The Bertz CT molecular complexity index is 1300. The number of aliphatic hydroxyl groups excluding tert-OH is 1. The molecule has 1 saturated carbocycles. The standard InChI is InChI=1S/C34H43ClN2O3S/c1-5-8-30(38)27-13-10-25(27)20-37-21-34(17-7-9-23-18-26(35)12-14-28(23)34)22-40-31-15-11-24(19-29(31)37)32(39)36-41-33(3,4)16-6-2/h5-6,11-12,14-15,18-19,25,27,30,38H,1-2,7-10,13,16-17,20-22H2,3-4H3,(H,36,39)/t25-,27+,30-,34-/m0/s1. The van der Waals surface area contributed by atoms with E-state index in [9.17, 15) is 9.90 Å². The molecule has 1 spiro atoms. The van der Waals surface area contributed by atoms with Gasteiger partial charge in [-0.2, -0.15) is 0 Å². The predicted molar refractivity (Wildman–Crippen MR) is 171 cm³/mol. The topological polar surface area (TPSA) is 61.8 Å². The number of hydrogen-bond donors (Lipinski definition) is 2. The number of hydrogen-bond acceptors (Lipinski definition) is 5. The fraction of sp³-hybridized carbons (Fsp3) is 0.500. The van der Waals surface area contributed by atoms with Gasteiger partial charge in [0.1, 0.15) is 5.75 Å². The molecule has 1 aliphatic heterocycles. The van der Waals surface area contributed by atoms with Gasteiger partial charge in [-0.15, -0.1) is 13.2 Å². The Hall–Kier alpha value is -2.41. The highest BCUT2D eigenvalue weighted by Gasteiger charge is 2.44. The van der Waals surface area contributed by atoms with Crippen molar-refractivity contribution in [1.29, 1.82) is 0 Å². The molecule has 2 N–H and O–H groups in total. The van der Waals surface area contributed by atoms with Gasteiger partial charge in [-0.3, -0.25) is 9.52 Å². The average Bonchev–Trinajstić information content (AvgIpc) is 3.07. The average molecular weight is 595 g/mol. The Labute approximate surface area is 254 Å². The highest BCUT2D eigenvalue weighted by molar-refractivity contribution is 7.99. The van der Waals surface area contributed by atoms with Gasteiger partial charge < -0.3 is 14.7 Å². The van der Waals surface area contributed by atoms with Crippen molar-refractivity contribution in [1.82, 2.24) is 4.72 Å². The van der Waals surface area contributed by atoms with Gasteiger partial charge in [-0.1, -0.05) is 29.8 Å². The number of aryl methyl sites for hydroxylation is 1. The molecule has 0 radical (unpaired) electrons. The normalized spacial score (nSPS) is 24.2. The zero-order valence-electron chi connectivity index (χ0n) is 24.3. The van der Waals surface area contributed by atoms with E-state index >= 15 is 0 Å². The van der Waals surface area contributed by atoms with Crippen molar-refractivity contribution >= 4 is 35.1 Å². The van der Waals surface area contributed by atoms with Crippen molar-refractivity contribution in [2.75, 3.05) is 24.6 Å². The molecule has 0 saturated heterocycles. The van der Waals surface area contributed by atoms with Crippen LogP contribution in [0.25, 0.3) is 0 Å². The molecular formula is C34H43ClN2O3S. The van der Waals surface area contributed by atoms with Crippen molar-refractivity contribution in [2.45, 2.75) is 75.1 Å². The Morgan fingerprint density at radius 1 is 1.27 bits per heavy atom. The van der Waals surface area contributed by atoms with Crippen LogP contribution < -0.4 is 14.4 Å². The van der Waals surface area contributed by atoms with Gasteiger partial charge in [0, 0.05) is 33.8 Å². The van der Waals surface area contributed by atoms with Crippen molar-refractivity contribution < 1.29 is 14.6 Å². The first kappa shape index (κ1) is 30.1. The Balaban J connectivity index is 1.47. The summed E-state index contributed by atoms with van der Waals surface area (Å²) in [6.45, 7) is 14.0. The third-order valence-electron chi connectivity index (χ3n) is 9.19. The first-order chi connectivity index (χ1) is 19.6. The van der Waals surface area contributed by atoms with Crippen LogP contribution in [0, 0.1) is 11.8 Å². The quantitative estimate of drug-likeness (QED) is 0.220. The second kappa shape index (κ2) is 12.4. The van der Waals surface area contributed by atoms with E-state index in [4.69, 9.17) is 16.3 Å². The van der Waals surface area contributed by atoms with Gasteiger partial charge in [0.2, 0.25) is 0 Å². The van der Waals surface area contributed by atoms with Crippen molar-refractivity contribution in [3.8, 4) is 5.75 Å². The predicted octanol–water partition coefficient (Wildman–Crippen LogP) is 7.51. The zero-order chi connectivity index (χ0) is 29.2. The Morgan fingerprint density at radius 3 is 2.83 bits per heavy atom. The van der Waals surface area contributed by atoms with Crippen LogP contribution in [-0.4, -0.2) is 41.6 Å². The van der Waals surface area contributed by atoms with E-state index in [1.54, 1.807) is 0 Å². The van der Waals surface area contributed by atoms with Crippen LogP contribution in [0.15, 0.2) is 61.7 Å². The number of nitrogens with one attached hydrogen (secondary N) is 1. The SMILES string of the molecule is C=CC[C@H](O)[C@@H]1CC[C@H]1CN1C[C@@]2(CCCc3cc(Cl)ccc32)COc2ccc(C(=O)NSC(C)(C)CC=C)cc21. The smallest absolute Gasteiger partial charge is 0.261 e. The van der Waals surface area contributed by atoms with Crippen LogP contribution in [-0.2, 0) is 11.8 Å². The third kappa shape index (κ3) is 6.50. The molecule has 1 heterocycles. The van der Waals surface area contributed by atoms with Crippen LogP contribution >= 0.6 is 23.5 Å². The van der Waals surface area contributed by atoms with Gasteiger partial charge in [0.25, 0.3) is 5.91 Å². The molecule has 2 aliphatic carbocycles. The summed E-state index contributed by atoms with van der Waals surface area (Å²) in [5.41, 5.74) is 4.02. The summed E-state index contributed by atoms with van der Waals surface area (Å²) in [6.07, 6.45) is 9.97. The van der Waals surface area contributed by atoms with Gasteiger partial charge in [-0.25, -0.2) is 0 Å². The van der Waals surface area contributed by atoms with Crippen molar-refractivity contribution in [3.05, 3.63) is 83.4 Å². The van der Waals surface area contributed by atoms with E-state index in [0.29, 0.717) is 24.5 Å². The van der Waals surface area contributed by atoms with E-state index in [1.165, 1.54) is 23.1 Å². The number of amides is 1. The maximum atomic E-state index is 13.3. The number of carbonyl (C=O) groups excluding carboxylic acids is 1. The summed E-state index contributed by atoms with van der Waals surface area (Å²) in [5, 5.41) is 11.6. The van der Waals surface area contributed by atoms with E-state index in [0.717, 1.165) is 68.1 Å². The van der Waals surface area contributed by atoms with Gasteiger partial charge in [0.05, 0.1) is 18.4 Å². The summed E-state index contributed by atoms with van der Waals surface area (Å²) in [4.78, 5) is 15.7. The summed E-state index contributed by atoms with van der Waals surface area (Å²) in [7, 11) is 0. The molecule has 0 bridgehead atoms. The number of aliphatic hydroxyl groups is 1. The molecule has 2 aromatic rings. The van der Waals surface area contributed by atoms with E-state index in [-0.39, 0.29) is 28.1 Å². The number of halogens is 1. The molecule has 41 heavy (non-hydrogen) atoms. The number of rotatable bonds is 10. The largest absolute Gasteiger partial charge is 0.490 e. The summed E-state index contributed by atoms with van der Waals surface area (Å²) >= 11 is 7.83. The fourth-order valence-corrected chi connectivity index (χ4v) is 7.73. The fourth-order valence-electron chi connectivity index (χ4n) is 6.84. The number of nitrogens with zero attached hydrogens (tertiary/aromatic N) is 1. The van der Waals surface area contributed by atoms with Gasteiger partial charge in [-0.05, 0) is 124 Å². The first-order valence-electron chi connectivity index (χ1n) is 14.8. The van der Waals surface area contributed by atoms with Crippen molar-refractivity contribution in [2.24, 2.45) is 11.8 Å². The molecule has 2 aromatic carbocycles. The molecule has 5 nitrogen and oxygen atoms in total. The van der Waals surface area contributed by atoms with Crippen LogP contribution in [0.2, 0.25) is 5.02 Å². The number of ether oxygens (including phenoxy) is 1. The number of allylic oxidation sites excluding steroid dienone is 1. The van der Waals surface area contributed by atoms with Crippen LogP contribution in [0.5, 0.6) is 5.75 Å². The molecule has 0 aromatic heterocycles. The molecule has 1 amide bonds. The van der Waals surface area contributed by atoms with E-state index < -0.39 is 0 Å². The highest BCUT2D eigenvalue weighted by Crippen LogP contribution is 2.47. The van der Waals surface area contributed by atoms with Crippen LogP contribution in [0.4, 0.5) is 5.69 Å². The lowest BCUT2D eigenvalue weighted by Crippen LogP contribution is -2.49. The molecule has 3 aliphatic rings. The van der Waals surface area contributed by atoms with Gasteiger partial charge in [0.15, 0.2) is 0 Å². The second-order valence-corrected chi connectivity index (χ2v) is 14.6. The summed E-state index contributed by atoms with van der Waals surface area (Å²) < 4.78 is 9.51. The minimum Gasteiger partial charge on any atom is -0.490 e. The van der Waals surface area contributed by atoms with E-state index in [1.807, 2.05) is 36.4 Å². The lowest BCUT2D eigenvalue weighted by molar-refractivity contribution is 0.0178. The van der Waals surface area contributed by atoms with Crippen LogP contribution in [0.1, 0.15) is 73.9 Å². The minimum atomic E-state index is -0.367. The molecular weight excluding hydrogens is 552 g/mol. The van der Waals surface area contributed by atoms with Crippen molar-refractivity contribution in [3.63, 3.8) is 0 Å². The highest BCUT2D eigenvalue weighted by atomic mass is 35.5. The second-order valence-electron chi connectivity index (χ2n) is 12.7. The molecule has 220 valence electrons. The maximum Gasteiger partial charge on any atom is 0.261 e. The third-order valence-corrected chi connectivity index (χ3v) is 10.4. The molecule has 4 atom stereocenters. The molecule has 1 fully saturated rings. The number of fused-ring (bicyclic) bond motifs is 3. The lowest BCUT2D eigenvalue weighted by Gasteiger charge is -2.45. The summed E-state index contributed by atoms with van der Waals surface area (Å²) in [6, 6.07) is 12.1. The first-order valence-corrected chi connectivity index (χ1v) is 16.0. The molecule has 0 unspecified atom stereocenters. The Morgan fingerprint density at radius 2 is 2.10 bits per heavy atom. The molecule has 5 rings (SSSR count). The monoisotopic (exact) mass is 594 g/mol. The zero-order valence-corrected chi connectivity index (χ0v) is 25.9. The molecule has 7 heteroatoms. The Kier molecular flexibility index (Phi) is 9.13. The lowest BCUT2D eigenvalue weighted by atomic mass is 9.68. The number of anilines is 1. The van der Waals surface area contributed by atoms with E-state index in [2.05, 4.69) is 48.8 Å². The minimum absolute atomic E-state index is 0.116. The summed E-state index contributed by atoms with van der Waals surface area (Å²) in [5.74, 6) is 1.31. The maximum absolute atomic E-state index is 13.3. The number of benzene rings is 2. The number of carbonyl (C=O) groups is 1. The van der Waals surface area contributed by atoms with Crippen LogP contribution in [0.3, 0.4) is 0 Å².